The number of halogens is 1. The van der Waals surface area contributed by atoms with Crippen molar-refractivity contribution in [3.63, 3.8) is 0 Å². The molecule has 0 aliphatic rings. The maximum atomic E-state index is 11.7. The van der Waals surface area contributed by atoms with Crippen LogP contribution < -0.4 is 10.6 Å². The third-order valence-electron chi connectivity index (χ3n) is 3.10. The first-order valence-corrected chi connectivity index (χ1v) is 7.49. The van der Waals surface area contributed by atoms with Gasteiger partial charge < -0.3 is 15.7 Å². The van der Waals surface area contributed by atoms with Crippen LogP contribution in [-0.4, -0.2) is 29.6 Å². The van der Waals surface area contributed by atoms with Crippen molar-refractivity contribution in [2.24, 2.45) is 0 Å². The minimum atomic E-state index is -0.808. The molecule has 0 saturated heterocycles. The molecule has 2 aromatic rings. The van der Waals surface area contributed by atoms with E-state index < -0.39 is 17.9 Å². The number of rotatable bonds is 5. The number of carbonyl (C=O) groups excluding carboxylic acids is 2. The predicted molar refractivity (Wildman–Crippen MR) is 89.2 cm³/mol. The molecule has 5 nitrogen and oxygen atoms in total. The van der Waals surface area contributed by atoms with Crippen molar-refractivity contribution in [2.75, 3.05) is 11.9 Å². The van der Waals surface area contributed by atoms with Gasteiger partial charge in [-0.05, 0) is 23.8 Å². The van der Waals surface area contributed by atoms with Crippen LogP contribution in [0.4, 0.5) is 5.69 Å². The highest BCUT2D eigenvalue weighted by atomic mass is 35.5. The molecule has 0 heterocycles. The largest absolute Gasteiger partial charge is 0.391 e. The van der Waals surface area contributed by atoms with E-state index in [0.29, 0.717) is 17.1 Å². The molecule has 1 unspecified atom stereocenters. The molecule has 120 valence electrons. The van der Waals surface area contributed by atoms with E-state index in [-0.39, 0.29) is 6.54 Å². The number of aliphatic hydroxyl groups excluding tert-OH is 1. The van der Waals surface area contributed by atoms with Crippen LogP contribution in [0, 0.1) is 0 Å². The zero-order chi connectivity index (χ0) is 16.7. The Bertz CT molecular complexity index is 677. The molecule has 0 bridgehead atoms. The summed E-state index contributed by atoms with van der Waals surface area (Å²) in [4.78, 5) is 23.5. The van der Waals surface area contributed by atoms with E-state index in [0.717, 1.165) is 5.56 Å². The first-order chi connectivity index (χ1) is 11.0. The highest BCUT2D eigenvalue weighted by Gasteiger charge is 2.15. The highest BCUT2D eigenvalue weighted by molar-refractivity contribution is 6.39. The van der Waals surface area contributed by atoms with Gasteiger partial charge in [0.1, 0.15) is 0 Å². The van der Waals surface area contributed by atoms with E-state index in [9.17, 15) is 14.7 Å². The quantitative estimate of drug-likeness (QED) is 0.733. The Hall–Kier alpha value is -2.37. The Morgan fingerprint density at radius 3 is 2.48 bits per heavy atom. The van der Waals surface area contributed by atoms with Crippen molar-refractivity contribution in [3.8, 4) is 0 Å². The molecule has 0 aromatic heterocycles. The second-order valence-electron chi connectivity index (χ2n) is 5.02. The monoisotopic (exact) mass is 332 g/mol. The van der Waals surface area contributed by atoms with Gasteiger partial charge >= 0.3 is 11.8 Å². The number of anilines is 1. The molecule has 2 amide bonds. The summed E-state index contributed by atoms with van der Waals surface area (Å²) in [5, 5.41) is 15.2. The van der Waals surface area contributed by atoms with Crippen molar-refractivity contribution in [3.05, 3.63) is 65.2 Å². The van der Waals surface area contributed by atoms with Crippen LogP contribution in [0.15, 0.2) is 54.6 Å². The second kappa shape index (κ2) is 8.31. The molecular formula is C17H17ClN2O3. The number of amides is 2. The fourth-order valence-electron chi connectivity index (χ4n) is 2.00. The molecular weight excluding hydrogens is 316 g/mol. The molecule has 0 saturated carbocycles. The molecule has 0 aliphatic heterocycles. The van der Waals surface area contributed by atoms with Gasteiger partial charge in [0.05, 0.1) is 6.10 Å². The van der Waals surface area contributed by atoms with Gasteiger partial charge in [0, 0.05) is 23.7 Å². The van der Waals surface area contributed by atoms with Crippen molar-refractivity contribution in [2.45, 2.75) is 12.5 Å². The van der Waals surface area contributed by atoms with Crippen molar-refractivity contribution < 1.29 is 14.7 Å². The molecule has 0 aliphatic carbocycles. The maximum absolute atomic E-state index is 11.7. The molecule has 1 atom stereocenters. The van der Waals surface area contributed by atoms with Gasteiger partial charge in [0.25, 0.3) is 0 Å². The van der Waals surface area contributed by atoms with Gasteiger partial charge in [0.2, 0.25) is 0 Å². The van der Waals surface area contributed by atoms with E-state index in [1.807, 2.05) is 30.3 Å². The van der Waals surface area contributed by atoms with Gasteiger partial charge in [-0.15, -0.1) is 0 Å². The van der Waals surface area contributed by atoms with Crippen LogP contribution in [0.25, 0.3) is 0 Å². The van der Waals surface area contributed by atoms with Gasteiger partial charge in [-0.2, -0.15) is 0 Å². The summed E-state index contributed by atoms with van der Waals surface area (Å²) < 4.78 is 0. The summed E-state index contributed by atoms with van der Waals surface area (Å²) in [6.45, 7) is -0.00328. The zero-order valence-electron chi connectivity index (χ0n) is 12.3. The number of hydrogen-bond acceptors (Lipinski definition) is 3. The Balaban J connectivity index is 1.78. The fraction of sp³-hybridized carbons (Fsp3) is 0.176. The van der Waals surface area contributed by atoms with Crippen LogP contribution in [-0.2, 0) is 16.0 Å². The first-order valence-electron chi connectivity index (χ1n) is 7.11. The van der Waals surface area contributed by atoms with E-state index in [1.54, 1.807) is 18.2 Å². The Labute approximate surface area is 139 Å². The van der Waals surface area contributed by atoms with Crippen molar-refractivity contribution in [1.82, 2.24) is 5.32 Å². The molecule has 23 heavy (non-hydrogen) atoms. The van der Waals surface area contributed by atoms with Gasteiger partial charge in [-0.1, -0.05) is 48.0 Å². The number of benzene rings is 2. The van der Waals surface area contributed by atoms with Crippen LogP contribution in [0.3, 0.4) is 0 Å². The number of nitrogens with one attached hydrogen (secondary N) is 2. The molecule has 2 rings (SSSR count). The molecule has 3 N–H and O–H groups in total. The molecule has 2 aromatic carbocycles. The van der Waals surface area contributed by atoms with Crippen LogP contribution in [0.2, 0.25) is 5.02 Å². The summed E-state index contributed by atoms with van der Waals surface area (Å²) in [6, 6.07) is 15.9. The second-order valence-corrected chi connectivity index (χ2v) is 5.45. The lowest BCUT2D eigenvalue weighted by Crippen LogP contribution is -2.40. The van der Waals surface area contributed by atoms with E-state index >= 15 is 0 Å². The summed E-state index contributed by atoms with van der Waals surface area (Å²) in [7, 11) is 0. The van der Waals surface area contributed by atoms with Crippen molar-refractivity contribution in [1.29, 1.82) is 0 Å². The predicted octanol–water partition coefficient (Wildman–Crippen LogP) is 2.00. The summed E-state index contributed by atoms with van der Waals surface area (Å²) in [5.74, 6) is -1.61. The minimum absolute atomic E-state index is 0.00328. The summed E-state index contributed by atoms with van der Waals surface area (Å²) >= 11 is 5.80. The third-order valence-corrected chi connectivity index (χ3v) is 3.34. The fourth-order valence-corrected chi connectivity index (χ4v) is 2.19. The SMILES string of the molecule is O=C(NCC(O)Cc1ccccc1)C(=O)Nc1cccc(Cl)c1. The lowest BCUT2D eigenvalue weighted by Gasteiger charge is -2.12. The Morgan fingerprint density at radius 2 is 1.78 bits per heavy atom. The highest BCUT2D eigenvalue weighted by Crippen LogP contribution is 2.14. The third kappa shape index (κ3) is 5.73. The Morgan fingerprint density at radius 1 is 1.04 bits per heavy atom. The molecule has 0 spiro atoms. The molecule has 0 fully saturated rings. The summed E-state index contributed by atoms with van der Waals surface area (Å²) in [6.07, 6.45) is -0.364. The van der Waals surface area contributed by atoms with Crippen LogP contribution in [0.5, 0.6) is 0 Å². The Kier molecular flexibility index (Phi) is 6.14. The number of aliphatic hydroxyl groups is 1. The van der Waals surface area contributed by atoms with Gasteiger partial charge in [-0.25, -0.2) is 0 Å². The van der Waals surface area contributed by atoms with E-state index in [1.165, 1.54) is 6.07 Å². The smallest absolute Gasteiger partial charge is 0.313 e. The normalized spacial score (nSPS) is 11.6. The molecule has 0 radical (unpaired) electrons. The summed E-state index contributed by atoms with van der Waals surface area (Å²) in [5.41, 5.74) is 1.39. The van der Waals surface area contributed by atoms with E-state index in [4.69, 9.17) is 11.6 Å². The molecule has 6 heteroatoms. The standard InChI is InChI=1S/C17H17ClN2O3/c18-13-7-4-8-14(10-13)20-17(23)16(22)19-11-15(21)9-12-5-2-1-3-6-12/h1-8,10,15,21H,9,11H2,(H,19,22)(H,20,23). The maximum Gasteiger partial charge on any atom is 0.313 e. The van der Waals surface area contributed by atoms with Gasteiger partial charge in [-0.3, -0.25) is 9.59 Å². The minimum Gasteiger partial charge on any atom is -0.391 e. The van der Waals surface area contributed by atoms with Crippen LogP contribution >= 0.6 is 11.6 Å². The first kappa shape index (κ1) is 17.0. The number of hydrogen-bond donors (Lipinski definition) is 3. The van der Waals surface area contributed by atoms with Crippen LogP contribution in [0.1, 0.15) is 5.56 Å². The van der Waals surface area contributed by atoms with E-state index in [2.05, 4.69) is 10.6 Å². The average molecular weight is 333 g/mol. The number of carbonyl (C=O) groups is 2. The zero-order valence-corrected chi connectivity index (χ0v) is 13.1. The van der Waals surface area contributed by atoms with Gasteiger partial charge in [0.15, 0.2) is 0 Å². The van der Waals surface area contributed by atoms with Crippen molar-refractivity contribution >= 4 is 29.1 Å². The average Bonchev–Trinajstić information content (AvgIpc) is 2.53. The lowest BCUT2D eigenvalue weighted by atomic mass is 10.1. The lowest BCUT2D eigenvalue weighted by molar-refractivity contribution is -0.136. The topological polar surface area (TPSA) is 78.4 Å².